The average Bonchev–Trinajstić information content (AvgIpc) is 3.57. The van der Waals surface area contributed by atoms with Crippen molar-refractivity contribution in [3.05, 3.63) is 61.2 Å². The van der Waals surface area contributed by atoms with Crippen molar-refractivity contribution < 1.29 is 76.7 Å². The third-order valence-corrected chi connectivity index (χ3v) is 6.26. The van der Waals surface area contributed by atoms with E-state index in [4.69, 9.17) is 36.2 Å². The van der Waals surface area contributed by atoms with Crippen molar-refractivity contribution in [2.75, 3.05) is 0 Å². The molecule has 2 aromatic rings. The van der Waals surface area contributed by atoms with Gasteiger partial charge in [-0.1, -0.05) is 25.2 Å². The maximum absolute atomic E-state index is 11.1. The van der Waals surface area contributed by atoms with Crippen LogP contribution in [0, 0.1) is 11.3 Å². The molecule has 0 radical (unpaired) electrons. The first-order valence-electron chi connectivity index (χ1n) is 11.6. The second kappa shape index (κ2) is 17.5. The number of aromatic nitrogens is 4. The fourth-order valence-electron chi connectivity index (χ4n) is 2.90. The molecule has 252 valence electrons. The van der Waals surface area contributed by atoms with Crippen LogP contribution in [0.4, 0.5) is 26.3 Å². The number of allylic oxidation sites excluding steroid dienone is 2. The zero-order chi connectivity index (χ0) is 35.2. The van der Waals surface area contributed by atoms with Gasteiger partial charge in [-0.25, -0.2) is 27.3 Å². The van der Waals surface area contributed by atoms with Crippen LogP contribution >= 0.6 is 0 Å². The van der Waals surface area contributed by atoms with Gasteiger partial charge in [0.25, 0.3) is 0 Å². The van der Waals surface area contributed by atoms with Gasteiger partial charge in [-0.15, -0.1) is 0 Å². The predicted molar refractivity (Wildman–Crippen MR) is 138 cm³/mol. The monoisotopic (exact) mass is 688 g/mol. The number of aryl methyl sites for hydroxylation is 2. The predicted octanol–water partition coefficient (Wildman–Crippen LogP) is 2.87. The van der Waals surface area contributed by atoms with E-state index < -0.39 is 54.5 Å². The Kier molecular flexibility index (Phi) is 16.9. The third kappa shape index (κ3) is 15.1. The van der Waals surface area contributed by atoms with Crippen molar-refractivity contribution in [3.63, 3.8) is 0 Å². The minimum atomic E-state index is -6.09. The number of rotatable bonds is 4. The van der Waals surface area contributed by atoms with Crippen LogP contribution in [0.1, 0.15) is 27.2 Å². The molecule has 3 rings (SSSR count). The molecule has 1 aliphatic rings. The largest absolute Gasteiger partial charge is 0.741 e. The fourth-order valence-corrected chi connectivity index (χ4v) is 2.90. The standard InChI is InChI=1S/C11H14O4.C6H11N2.C3H4N2.2CHF3O3S/c1-3-8-7(9(12)13)5-4-6-11(8,2)10(14)15;1-3-8-5-4-7(2)6-8;1-2-5-3-4-1;2*2-1(3,4)8(5,6)7/h4-6,8H,3H2,1-2H3,(H,12,13)(H,14,15);4-6H,3H2,1-2H3;1-3H,(H,4,5);2*(H,5,6,7)/q;+1;;;/p-1. The van der Waals surface area contributed by atoms with Gasteiger partial charge in [0, 0.05) is 23.9 Å². The van der Waals surface area contributed by atoms with E-state index in [-0.39, 0.29) is 5.57 Å². The molecule has 0 aliphatic heterocycles. The second-order valence-electron chi connectivity index (χ2n) is 8.33. The van der Waals surface area contributed by atoms with Gasteiger partial charge < -0.3 is 19.7 Å². The number of H-pyrrole nitrogens is 1. The fraction of sp³-hybridized carbons (Fsp3) is 0.455. The van der Waals surface area contributed by atoms with Crippen LogP contribution in [0.15, 0.2) is 61.2 Å². The van der Waals surface area contributed by atoms with Gasteiger partial charge in [-0.05, 0) is 20.3 Å². The summed E-state index contributed by atoms with van der Waals surface area (Å²) < 4.78 is 121. The number of carboxylic acid groups (broad SMARTS) is 2. The summed E-state index contributed by atoms with van der Waals surface area (Å²) in [7, 11) is -9.91. The summed E-state index contributed by atoms with van der Waals surface area (Å²) in [6.45, 7) is 6.53. The Hall–Kier alpha value is -3.76. The average molecular weight is 689 g/mol. The normalized spacial score (nSPS) is 17.9. The van der Waals surface area contributed by atoms with Crippen LogP contribution in [-0.2, 0) is 43.4 Å². The quantitative estimate of drug-likeness (QED) is 0.158. The van der Waals surface area contributed by atoms with Crippen molar-refractivity contribution in [3.8, 4) is 0 Å². The molecule has 0 aromatic carbocycles. The molecule has 0 saturated carbocycles. The molecule has 0 amide bonds. The molecule has 0 spiro atoms. The number of halogens is 6. The van der Waals surface area contributed by atoms with E-state index in [1.807, 2.05) is 17.8 Å². The first-order chi connectivity index (χ1) is 19.8. The first kappa shape index (κ1) is 42.4. The zero-order valence-electron chi connectivity index (χ0n) is 23.3. The number of nitrogens with one attached hydrogen (secondary N) is 1. The van der Waals surface area contributed by atoms with E-state index >= 15 is 0 Å². The van der Waals surface area contributed by atoms with Crippen molar-refractivity contribution in [2.24, 2.45) is 18.4 Å². The van der Waals surface area contributed by atoms with Gasteiger partial charge in [-0.3, -0.25) is 9.35 Å². The van der Waals surface area contributed by atoms with Crippen LogP contribution in [0.25, 0.3) is 0 Å². The highest BCUT2D eigenvalue weighted by atomic mass is 32.2. The van der Waals surface area contributed by atoms with Crippen LogP contribution in [0.3, 0.4) is 0 Å². The molecule has 0 fully saturated rings. The summed E-state index contributed by atoms with van der Waals surface area (Å²) in [4.78, 5) is 28.5. The summed E-state index contributed by atoms with van der Waals surface area (Å²) in [5.74, 6) is -2.51. The highest BCUT2D eigenvalue weighted by Crippen LogP contribution is 2.40. The number of aromatic amines is 1. The van der Waals surface area contributed by atoms with Crippen molar-refractivity contribution in [2.45, 2.75) is 44.8 Å². The molecule has 22 heteroatoms. The van der Waals surface area contributed by atoms with Crippen molar-refractivity contribution >= 4 is 32.2 Å². The Morgan fingerprint density at radius 2 is 1.61 bits per heavy atom. The lowest BCUT2D eigenvalue weighted by atomic mass is 9.69. The van der Waals surface area contributed by atoms with Gasteiger partial charge in [0.05, 0.1) is 25.3 Å². The highest BCUT2D eigenvalue weighted by Gasteiger charge is 2.44. The van der Waals surface area contributed by atoms with Crippen LogP contribution < -0.4 is 4.57 Å². The number of nitrogens with zero attached hydrogens (tertiary/aromatic N) is 3. The maximum atomic E-state index is 11.1. The molecule has 4 N–H and O–H groups in total. The molecule has 0 saturated heterocycles. The summed E-state index contributed by atoms with van der Waals surface area (Å²) in [5.41, 5.74) is -12.1. The Balaban J connectivity index is 0. The molecular weight excluding hydrogens is 658 g/mol. The number of alkyl halides is 6. The topological polar surface area (TPSA) is 224 Å². The van der Waals surface area contributed by atoms with Crippen LogP contribution in [0.2, 0.25) is 0 Å². The van der Waals surface area contributed by atoms with E-state index in [0.717, 1.165) is 6.54 Å². The van der Waals surface area contributed by atoms with Crippen molar-refractivity contribution in [1.29, 1.82) is 0 Å². The molecule has 2 atom stereocenters. The number of aliphatic carboxylic acids is 2. The summed E-state index contributed by atoms with van der Waals surface area (Å²) >= 11 is 0. The summed E-state index contributed by atoms with van der Waals surface area (Å²) in [5, 5.41) is 18.1. The van der Waals surface area contributed by atoms with Gasteiger partial charge in [0.1, 0.15) is 12.4 Å². The van der Waals surface area contributed by atoms with Gasteiger partial charge in [0.15, 0.2) is 10.1 Å². The minimum Gasteiger partial charge on any atom is -0.741 e. The SMILES string of the molecule is CCC1C(C(=O)O)=CC=CC1(C)C(=O)O.CC[n+]1ccn(C)c1.O=S(=O)(O)C(F)(F)F.O=S(=O)([O-])C(F)(F)F.c1c[nH]cn1. The van der Waals surface area contributed by atoms with E-state index in [1.54, 1.807) is 38.6 Å². The number of carbonyl (C=O) groups is 2. The van der Waals surface area contributed by atoms with E-state index in [2.05, 4.69) is 34.0 Å². The number of hydrogen-bond acceptors (Lipinski definition) is 8. The Bertz CT molecular complexity index is 1390. The van der Waals surface area contributed by atoms with Gasteiger partial charge >= 0.3 is 33.1 Å². The summed E-state index contributed by atoms with van der Waals surface area (Å²) in [6, 6.07) is 0. The van der Waals surface area contributed by atoms with Crippen LogP contribution in [0.5, 0.6) is 0 Å². The molecule has 2 heterocycles. The number of hydrogen-bond donors (Lipinski definition) is 4. The van der Waals surface area contributed by atoms with E-state index in [0.29, 0.717) is 6.42 Å². The summed E-state index contributed by atoms with van der Waals surface area (Å²) in [6.07, 6.45) is 16.2. The second-order valence-corrected chi connectivity index (χ2v) is 11.1. The molecule has 2 aromatic heterocycles. The lowest BCUT2D eigenvalue weighted by Gasteiger charge is -2.33. The first-order valence-corrected chi connectivity index (χ1v) is 14.5. The van der Waals surface area contributed by atoms with Gasteiger partial charge in [-0.2, -0.15) is 34.8 Å². The molecule has 0 bridgehead atoms. The third-order valence-electron chi connectivity index (χ3n) is 5.10. The van der Waals surface area contributed by atoms with Crippen LogP contribution in [-0.4, -0.2) is 73.6 Å². The Labute approximate surface area is 247 Å². The minimum absolute atomic E-state index is 0.171. The molecule has 2 unspecified atom stereocenters. The molecule has 1 aliphatic carbocycles. The Morgan fingerprint density at radius 3 is 1.82 bits per heavy atom. The highest BCUT2D eigenvalue weighted by molar-refractivity contribution is 7.86. The maximum Gasteiger partial charge on any atom is 0.522 e. The lowest BCUT2D eigenvalue weighted by Crippen LogP contribution is -2.38. The van der Waals surface area contributed by atoms with E-state index in [9.17, 15) is 35.9 Å². The van der Waals surface area contributed by atoms with Crippen molar-refractivity contribution in [1.82, 2.24) is 14.5 Å². The van der Waals surface area contributed by atoms with Gasteiger partial charge in [0.2, 0.25) is 6.33 Å². The molecule has 14 nitrogen and oxygen atoms in total. The zero-order valence-corrected chi connectivity index (χ0v) is 24.9. The number of imidazole rings is 2. The van der Waals surface area contributed by atoms with E-state index in [1.165, 1.54) is 12.2 Å². The smallest absolute Gasteiger partial charge is 0.522 e. The Morgan fingerprint density at radius 1 is 1.11 bits per heavy atom. The molecule has 44 heavy (non-hydrogen) atoms. The number of carboxylic acids is 2. The lowest BCUT2D eigenvalue weighted by molar-refractivity contribution is -0.693. The molecular formula is C22H30F6N4O10S2.